The standard InChI is InChI=1S/C19H22N8O4/c28-19(29)25-18-20-7-13(8-21-18)15-23-16(26-2-5-30-6-3-26)14-17(24-15)27(11-22-14)9-12-1-4-31-10-12/h7-8,11-12H,1-6,9-10H2,(H,28,29)(H,20,21,25). The molecule has 1 atom stereocenters. The molecule has 12 nitrogen and oxygen atoms in total. The van der Waals surface area contributed by atoms with Crippen molar-refractivity contribution in [1.29, 1.82) is 0 Å². The van der Waals surface area contributed by atoms with E-state index in [0.717, 1.165) is 43.2 Å². The van der Waals surface area contributed by atoms with Gasteiger partial charge in [0.15, 0.2) is 22.8 Å². The molecular formula is C19H22N8O4. The van der Waals surface area contributed by atoms with Crippen molar-refractivity contribution in [2.24, 2.45) is 5.92 Å². The van der Waals surface area contributed by atoms with Crippen LogP contribution in [0, 0.1) is 5.92 Å². The molecule has 0 radical (unpaired) electrons. The highest BCUT2D eigenvalue weighted by molar-refractivity contribution is 5.86. The minimum atomic E-state index is -1.22. The van der Waals surface area contributed by atoms with E-state index in [4.69, 9.17) is 24.5 Å². The van der Waals surface area contributed by atoms with Gasteiger partial charge < -0.3 is 24.0 Å². The van der Waals surface area contributed by atoms with Crippen LogP contribution in [0.2, 0.25) is 0 Å². The van der Waals surface area contributed by atoms with Gasteiger partial charge >= 0.3 is 6.09 Å². The average molecular weight is 426 g/mol. The highest BCUT2D eigenvalue weighted by Crippen LogP contribution is 2.28. The van der Waals surface area contributed by atoms with E-state index in [2.05, 4.69) is 25.2 Å². The maximum Gasteiger partial charge on any atom is 0.411 e. The number of aromatic nitrogens is 6. The van der Waals surface area contributed by atoms with Crippen LogP contribution in [0.1, 0.15) is 6.42 Å². The molecule has 1 amide bonds. The van der Waals surface area contributed by atoms with Gasteiger partial charge in [0.05, 0.1) is 31.7 Å². The molecule has 2 saturated heterocycles. The summed E-state index contributed by atoms with van der Waals surface area (Å²) in [7, 11) is 0. The van der Waals surface area contributed by atoms with Crippen molar-refractivity contribution in [2.45, 2.75) is 13.0 Å². The predicted octanol–water partition coefficient (Wildman–Crippen LogP) is 1.25. The zero-order valence-corrected chi connectivity index (χ0v) is 16.8. The topological polar surface area (TPSA) is 140 Å². The number of morpholine rings is 1. The Hall–Kier alpha value is -3.38. The molecule has 3 aromatic rings. The van der Waals surface area contributed by atoms with Gasteiger partial charge in [-0.15, -0.1) is 0 Å². The fourth-order valence-corrected chi connectivity index (χ4v) is 3.80. The number of fused-ring (bicyclic) bond motifs is 1. The molecule has 0 aromatic carbocycles. The number of amides is 1. The van der Waals surface area contributed by atoms with Gasteiger partial charge in [-0.05, 0) is 6.42 Å². The number of imidazole rings is 1. The summed E-state index contributed by atoms with van der Waals surface area (Å²) in [5.41, 5.74) is 2.07. The quantitative estimate of drug-likeness (QED) is 0.612. The van der Waals surface area contributed by atoms with Crippen LogP contribution in [-0.4, -0.2) is 80.2 Å². The lowest BCUT2D eigenvalue weighted by atomic mass is 10.1. The fraction of sp³-hybridized carbons (Fsp3) is 0.474. The number of hydrogen-bond acceptors (Lipinski definition) is 9. The van der Waals surface area contributed by atoms with E-state index < -0.39 is 6.09 Å². The van der Waals surface area contributed by atoms with Gasteiger partial charge in [-0.2, -0.15) is 0 Å². The Balaban J connectivity index is 1.55. The van der Waals surface area contributed by atoms with Crippen LogP contribution in [0.25, 0.3) is 22.6 Å². The summed E-state index contributed by atoms with van der Waals surface area (Å²) in [6.07, 6.45) is 4.61. The summed E-state index contributed by atoms with van der Waals surface area (Å²) in [6.45, 7) is 4.97. The molecule has 0 bridgehead atoms. The third kappa shape index (κ3) is 4.11. The highest BCUT2D eigenvalue weighted by atomic mass is 16.5. The van der Waals surface area contributed by atoms with E-state index in [9.17, 15) is 4.79 Å². The number of rotatable bonds is 5. The van der Waals surface area contributed by atoms with Crippen molar-refractivity contribution in [1.82, 2.24) is 29.5 Å². The molecule has 5 heterocycles. The Labute approximate surface area is 177 Å². The number of ether oxygens (including phenoxy) is 2. The normalized spacial score (nSPS) is 19.1. The molecule has 2 aliphatic rings. The van der Waals surface area contributed by atoms with E-state index in [1.54, 1.807) is 0 Å². The second kappa shape index (κ2) is 8.40. The lowest BCUT2D eigenvalue weighted by molar-refractivity contribution is 0.122. The summed E-state index contributed by atoms with van der Waals surface area (Å²) >= 11 is 0. The van der Waals surface area contributed by atoms with E-state index in [1.807, 2.05) is 10.9 Å². The molecule has 2 aliphatic heterocycles. The first-order chi connectivity index (χ1) is 15.2. The summed E-state index contributed by atoms with van der Waals surface area (Å²) in [6, 6.07) is 0. The second-order valence-electron chi connectivity index (χ2n) is 7.49. The number of anilines is 2. The van der Waals surface area contributed by atoms with Crippen LogP contribution in [0.4, 0.5) is 16.6 Å². The van der Waals surface area contributed by atoms with Crippen LogP contribution in [0.5, 0.6) is 0 Å². The maximum atomic E-state index is 10.8. The minimum Gasteiger partial charge on any atom is -0.465 e. The first-order valence-electron chi connectivity index (χ1n) is 10.1. The average Bonchev–Trinajstić information content (AvgIpc) is 3.44. The van der Waals surface area contributed by atoms with E-state index in [1.165, 1.54) is 12.4 Å². The number of carboxylic acid groups (broad SMARTS) is 1. The number of nitrogens with one attached hydrogen (secondary N) is 1. The SMILES string of the molecule is O=C(O)Nc1ncc(-c2nc(N3CCOCC3)c3ncn(CC4CCOC4)c3n2)cn1. The third-order valence-electron chi connectivity index (χ3n) is 5.36. The van der Waals surface area contributed by atoms with Gasteiger partial charge in [-0.1, -0.05) is 0 Å². The molecule has 12 heteroatoms. The van der Waals surface area contributed by atoms with Gasteiger partial charge in [0.25, 0.3) is 0 Å². The summed E-state index contributed by atoms with van der Waals surface area (Å²) in [4.78, 5) is 35.2. The lowest BCUT2D eigenvalue weighted by Crippen LogP contribution is -2.37. The smallest absolute Gasteiger partial charge is 0.411 e. The number of carbonyl (C=O) groups is 1. The van der Waals surface area contributed by atoms with Crippen LogP contribution >= 0.6 is 0 Å². The Morgan fingerprint density at radius 3 is 2.65 bits per heavy atom. The molecule has 2 N–H and O–H groups in total. The molecule has 162 valence electrons. The zero-order chi connectivity index (χ0) is 21.2. The van der Waals surface area contributed by atoms with Crippen LogP contribution in [0.3, 0.4) is 0 Å². The van der Waals surface area contributed by atoms with Crippen molar-refractivity contribution < 1.29 is 19.4 Å². The molecule has 5 rings (SSSR count). The van der Waals surface area contributed by atoms with Gasteiger partial charge in [-0.3, -0.25) is 5.32 Å². The maximum absolute atomic E-state index is 10.8. The van der Waals surface area contributed by atoms with Gasteiger partial charge in [-0.25, -0.2) is 29.7 Å². The number of hydrogen-bond donors (Lipinski definition) is 2. The van der Waals surface area contributed by atoms with Gasteiger partial charge in [0.2, 0.25) is 5.95 Å². The Kier molecular flexibility index (Phi) is 5.30. The van der Waals surface area contributed by atoms with Gasteiger partial charge in [0.1, 0.15) is 0 Å². The minimum absolute atomic E-state index is 0.00277. The van der Waals surface area contributed by atoms with Crippen molar-refractivity contribution in [3.8, 4) is 11.4 Å². The van der Waals surface area contributed by atoms with Crippen molar-refractivity contribution in [2.75, 3.05) is 49.7 Å². The van der Waals surface area contributed by atoms with E-state index in [0.29, 0.717) is 43.6 Å². The molecule has 3 aromatic heterocycles. The van der Waals surface area contributed by atoms with Crippen molar-refractivity contribution >= 4 is 29.0 Å². The second-order valence-corrected chi connectivity index (χ2v) is 7.49. The molecule has 31 heavy (non-hydrogen) atoms. The number of nitrogens with zero attached hydrogens (tertiary/aromatic N) is 7. The highest BCUT2D eigenvalue weighted by Gasteiger charge is 2.23. The summed E-state index contributed by atoms with van der Waals surface area (Å²) in [5, 5.41) is 11.0. The molecular weight excluding hydrogens is 404 g/mol. The van der Waals surface area contributed by atoms with Crippen LogP contribution < -0.4 is 10.2 Å². The first-order valence-corrected chi connectivity index (χ1v) is 10.1. The van der Waals surface area contributed by atoms with Crippen molar-refractivity contribution in [3.05, 3.63) is 18.7 Å². The third-order valence-corrected chi connectivity index (χ3v) is 5.36. The van der Waals surface area contributed by atoms with Crippen molar-refractivity contribution in [3.63, 3.8) is 0 Å². The summed E-state index contributed by atoms with van der Waals surface area (Å²) in [5.74, 6) is 1.63. The molecule has 1 unspecified atom stereocenters. The van der Waals surface area contributed by atoms with Gasteiger partial charge in [0, 0.05) is 44.6 Å². The fourth-order valence-electron chi connectivity index (χ4n) is 3.80. The Bertz CT molecular complexity index is 1070. The monoisotopic (exact) mass is 426 g/mol. The van der Waals surface area contributed by atoms with E-state index in [-0.39, 0.29) is 5.95 Å². The zero-order valence-electron chi connectivity index (χ0n) is 16.8. The Morgan fingerprint density at radius 2 is 1.94 bits per heavy atom. The van der Waals surface area contributed by atoms with Crippen LogP contribution in [0.15, 0.2) is 18.7 Å². The molecule has 0 saturated carbocycles. The molecule has 0 spiro atoms. The van der Waals surface area contributed by atoms with Crippen LogP contribution in [-0.2, 0) is 16.0 Å². The molecule has 2 fully saturated rings. The first kappa shape index (κ1) is 19.6. The summed E-state index contributed by atoms with van der Waals surface area (Å²) < 4.78 is 13.0. The largest absolute Gasteiger partial charge is 0.465 e. The lowest BCUT2D eigenvalue weighted by Gasteiger charge is -2.28. The Morgan fingerprint density at radius 1 is 1.13 bits per heavy atom. The predicted molar refractivity (Wildman–Crippen MR) is 110 cm³/mol. The molecule has 0 aliphatic carbocycles. The van der Waals surface area contributed by atoms with E-state index >= 15 is 0 Å².